The van der Waals surface area contributed by atoms with Crippen LogP contribution in [-0.2, 0) is 23.8 Å². The molecule has 0 saturated carbocycles. The second-order valence-corrected chi connectivity index (χ2v) is 6.93. The molecule has 0 bridgehead atoms. The molecule has 7 heteroatoms. The number of aromatic nitrogens is 1. The van der Waals surface area contributed by atoms with Crippen molar-refractivity contribution in [1.82, 2.24) is 4.98 Å². The molecule has 0 aliphatic rings. The smallest absolute Gasteiger partial charge is 0.369 e. The van der Waals surface area contributed by atoms with Gasteiger partial charge in [0, 0.05) is 16.9 Å². The Morgan fingerprint density at radius 1 is 1.08 bits per heavy atom. The van der Waals surface area contributed by atoms with Gasteiger partial charge in [0.15, 0.2) is 0 Å². The summed E-state index contributed by atoms with van der Waals surface area (Å²) in [5.41, 5.74) is 6.63. The monoisotopic (exact) mass is 376 g/mol. The van der Waals surface area contributed by atoms with Gasteiger partial charge in [0.05, 0.1) is 22.7 Å². The summed E-state index contributed by atoms with van der Waals surface area (Å²) in [6.45, 7) is 0. The third-order valence-corrected chi connectivity index (χ3v) is 4.79. The molecule has 134 valence electrons. The minimum absolute atomic E-state index is 0.0461. The molecule has 0 unspecified atom stereocenters. The molecular weight excluding hydrogens is 361 g/mol. The van der Waals surface area contributed by atoms with Crippen LogP contribution >= 0.6 is 11.3 Å². The summed E-state index contributed by atoms with van der Waals surface area (Å²) in [7, 11) is 0. The molecule has 0 saturated heterocycles. The number of primary amides is 1. The van der Waals surface area contributed by atoms with E-state index in [2.05, 4.69) is 4.98 Å². The highest BCUT2D eigenvalue weighted by molar-refractivity contribution is 7.12. The van der Waals surface area contributed by atoms with Crippen molar-refractivity contribution in [1.29, 1.82) is 0 Å². The van der Waals surface area contributed by atoms with Crippen LogP contribution in [0.15, 0.2) is 54.6 Å². The Bertz CT molecular complexity index is 920. The summed E-state index contributed by atoms with van der Waals surface area (Å²) in [4.78, 5) is 16.6. The molecule has 1 aromatic heterocycles. The summed E-state index contributed by atoms with van der Waals surface area (Å²) >= 11 is 1.30. The number of thiazole rings is 1. The SMILES string of the molecule is NC(=O)Cc1sc(Cc2cccc(C(F)(F)F)c2)nc1-c1ccccc1. The van der Waals surface area contributed by atoms with Crippen LogP contribution in [0.5, 0.6) is 0 Å². The highest BCUT2D eigenvalue weighted by Gasteiger charge is 2.30. The molecule has 0 spiro atoms. The highest BCUT2D eigenvalue weighted by Crippen LogP contribution is 2.32. The van der Waals surface area contributed by atoms with Gasteiger partial charge in [-0.3, -0.25) is 4.79 Å². The number of hydrogen-bond acceptors (Lipinski definition) is 3. The first-order valence-electron chi connectivity index (χ1n) is 7.81. The summed E-state index contributed by atoms with van der Waals surface area (Å²) in [6.07, 6.45) is -4.08. The van der Waals surface area contributed by atoms with Crippen LogP contribution in [0, 0.1) is 0 Å². The number of rotatable bonds is 5. The highest BCUT2D eigenvalue weighted by atomic mass is 32.1. The van der Waals surface area contributed by atoms with E-state index in [0.717, 1.165) is 17.7 Å². The first-order valence-corrected chi connectivity index (χ1v) is 8.63. The number of carbonyl (C=O) groups excluding carboxylic acids is 1. The summed E-state index contributed by atoms with van der Waals surface area (Å²) in [5, 5.41) is 0.638. The molecule has 2 N–H and O–H groups in total. The molecular formula is C19H15F3N2OS. The Morgan fingerprint density at radius 3 is 2.46 bits per heavy atom. The molecule has 1 amide bonds. The number of halogens is 3. The summed E-state index contributed by atoms with van der Waals surface area (Å²) in [6, 6.07) is 14.5. The quantitative estimate of drug-likeness (QED) is 0.715. The molecule has 0 aliphatic heterocycles. The average molecular weight is 376 g/mol. The van der Waals surface area contributed by atoms with Crippen LogP contribution in [0.1, 0.15) is 21.0 Å². The van der Waals surface area contributed by atoms with Gasteiger partial charge in [-0.2, -0.15) is 13.2 Å². The van der Waals surface area contributed by atoms with Gasteiger partial charge in [-0.05, 0) is 11.6 Å². The molecule has 26 heavy (non-hydrogen) atoms. The topological polar surface area (TPSA) is 56.0 Å². The van der Waals surface area contributed by atoms with E-state index in [1.807, 2.05) is 30.3 Å². The zero-order valence-electron chi connectivity index (χ0n) is 13.6. The van der Waals surface area contributed by atoms with Gasteiger partial charge in [-0.1, -0.05) is 48.5 Å². The molecule has 2 aromatic carbocycles. The second kappa shape index (κ2) is 7.29. The van der Waals surface area contributed by atoms with Gasteiger partial charge >= 0.3 is 6.18 Å². The molecule has 0 atom stereocenters. The fourth-order valence-electron chi connectivity index (χ4n) is 2.61. The van der Waals surface area contributed by atoms with Crippen molar-refractivity contribution in [2.24, 2.45) is 5.73 Å². The predicted molar refractivity (Wildman–Crippen MR) is 94.7 cm³/mol. The third-order valence-electron chi connectivity index (χ3n) is 3.73. The van der Waals surface area contributed by atoms with E-state index in [1.165, 1.54) is 17.4 Å². The third kappa shape index (κ3) is 4.29. The molecule has 3 aromatic rings. The lowest BCUT2D eigenvalue weighted by Gasteiger charge is -2.07. The van der Waals surface area contributed by atoms with E-state index in [0.29, 0.717) is 21.1 Å². The van der Waals surface area contributed by atoms with E-state index >= 15 is 0 Å². The number of nitrogens with zero attached hydrogens (tertiary/aromatic N) is 1. The fraction of sp³-hybridized carbons (Fsp3) is 0.158. The van der Waals surface area contributed by atoms with Crippen molar-refractivity contribution in [3.63, 3.8) is 0 Å². The van der Waals surface area contributed by atoms with Gasteiger partial charge in [0.25, 0.3) is 0 Å². The Labute approximate surface area is 152 Å². The van der Waals surface area contributed by atoms with Crippen LogP contribution in [0.4, 0.5) is 13.2 Å². The maximum Gasteiger partial charge on any atom is 0.416 e. The minimum atomic E-state index is -4.38. The molecule has 3 nitrogen and oxygen atoms in total. The van der Waals surface area contributed by atoms with Crippen LogP contribution in [0.2, 0.25) is 0 Å². The minimum Gasteiger partial charge on any atom is -0.369 e. The van der Waals surface area contributed by atoms with Gasteiger partial charge in [-0.15, -0.1) is 11.3 Å². The van der Waals surface area contributed by atoms with E-state index in [4.69, 9.17) is 5.73 Å². The van der Waals surface area contributed by atoms with Crippen molar-refractivity contribution in [2.45, 2.75) is 19.0 Å². The Balaban J connectivity index is 1.94. The number of amides is 1. The zero-order chi connectivity index (χ0) is 18.7. The Kier molecular flexibility index (Phi) is 5.08. The van der Waals surface area contributed by atoms with E-state index in [9.17, 15) is 18.0 Å². The van der Waals surface area contributed by atoms with Gasteiger partial charge in [0.1, 0.15) is 0 Å². The maximum atomic E-state index is 12.9. The van der Waals surface area contributed by atoms with Gasteiger partial charge < -0.3 is 5.73 Å². The van der Waals surface area contributed by atoms with Crippen molar-refractivity contribution >= 4 is 17.2 Å². The number of alkyl halides is 3. The van der Waals surface area contributed by atoms with E-state index in [1.54, 1.807) is 6.07 Å². The second-order valence-electron chi connectivity index (χ2n) is 5.76. The van der Waals surface area contributed by atoms with Crippen molar-refractivity contribution in [2.75, 3.05) is 0 Å². The first kappa shape index (κ1) is 18.1. The standard InChI is InChI=1S/C19H15F3N2OS/c20-19(21,22)14-8-4-5-12(9-14)10-17-24-18(13-6-2-1-3-7-13)15(26-17)11-16(23)25/h1-9H,10-11H2,(H2,23,25). The van der Waals surface area contributed by atoms with E-state index < -0.39 is 17.6 Å². The van der Waals surface area contributed by atoms with Crippen molar-refractivity contribution in [3.8, 4) is 11.3 Å². The fourth-order valence-corrected chi connectivity index (χ4v) is 3.74. The van der Waals surface area contributed by atoms with Crippen LogP contribution < -0.4 is 5.73 Å². The van der Waals surface area contributed by atoms with Gasteiger partial charge in [-0.25, -0.2) is 4.98 Å². The normalized spacial score (nSPS) is 11.5. The summed E-state index contributed by atoms with van der Waals surface area (Å²) < 4.78 is 38.6. The average Bonchev–Trinajstić information content (AvgIpc) is 2.96. The zero-order valence-corrected chi connectivity index (χ0v) is 14.4. The summed E-state index contributed by atoms with van der Waals surface area (Å²) in [5.74, 6) is -0.476. The molecule has 0 aliphatic carbocycles. The first-order chi connectivity index (χ1) is 12.3. The molecule has 3 rings (SSSR count). The number of benzene rings is 2. The van der Waals surface area contributed by atoms with Crippen LogP contribution in [-0.4, -0.2) is 10.9 Å². The number of nitrogens with two attached hydrogens (primary N) is 1. The van der Waals surface area contributed by atoms with E-state index in [-0.39, 0.29) is 12.8 Å². The molecule has 0 fully saturated rings. The maximum absolute atomic E-state index is 12.9. The largest absolute Gasteiger partial charge is 0.416 e. The Hall–Kier alpha value is -2.67. The predicted octanol–water partition coefficient (Wildman–Crippen LogP) is 4.45. The van der Waals surface area contributed by atoms with Crippen LogP contribution in [0.3, 0.4) is 0 Å². The lowest BCUT2D eigenvalue weighted by Crippen LogP contribution is -2.13. The molecule has 0 radical (unpaired) electrons. The number of hydrogen-bond donors (Lipinski definition) is 1. The molecule has 1 heterocycles. The van der Waals surface area contributed by atoms with Crippen molar-refractivity contribution in [3.05, 3.63) is 75.6 Å². The lowest BCUT2D eigenvalue weighted by molar-refractivity contribution is -0.137. The van der Waals surface area contributed by atoms with Crippen molar-refractivity contribution < 1.29 is 18.0 Å². The lowest BCUT2D eigenvalue weighted by atomic mass is 10.1. The Morgan fingerprint density at radius 2 is 1.81 bits per heavy atom. The number of carbonyl (C=O) groups is 1. The van der Waals surface area contributed by atoms with Crippen LogP contribution in [0.25, 0.3) is 11.3 Å². The van der Waals surface area contributed by atoms with Gasteiger partial charge in [0.2, 0.25) is 5.91 Å².